The number of rotatable bonds is 5. The lowest BCUT2D eigenvalue weighted by Gasteiger charge is -2.49. The van der Waals surface area contributed by atoms with Crippen LogP contribution >= 0.6 is 0 Å². The van der Waals surface area contributed by atoms with E-state index in [1.54, 1.807) is 38.5 Å². The average Bonchev–Trinajstić information content (AvgIpc) is 2.38. The molecule has 2 aliphatic heterocycles. The topological polar surface area (TPSA) is 4.93 Å². The summed E-state index contributed by atoms with van der Waals surface area (Å²) in [6.45, 7) is 34.9. The molecule has 0 radical (unpaired) electrons. The van der Waals surface area contributed by atoms with E-state index in [4.69, 9.17) is 6.42 Å². The summed E-state index contributed by atoms with van der Waals surface area (Å²) >= 11 is 0. The van der Waals surface area contributed by atoms with E-state index in [2.05, 4.69) is 235 Å². The SMILES string of the molecule is B/C(CB1c2cc(C34CCC(CC3)CC4)cc3c2-n2c4c1c1c(cc4c4cc5c(c(c42)B3c2c(B)c(B)c(C(C)(C)C)c(B)c2B)C(C)(C)c2ccccc2C5(C)C)C(C)(C)c2ccccc2C1(C)C)=C(B)/C(=C(/B)C#C)C(C)(C)C. The number of terminal acetylenes is 1. The molecular weight excluding hydrogens is 964 g/mol. The first kappa shape index (κ1) is 55.0. The minimum absolute atomic E-state index is 0.00241. The summed E-state index contributed by atoms with van der Waals surface area (Å²) < 4.78 is 2.95. The van der Waals surface area contributed by atoms with Crippen molar-refractivity contribution in [3.8, 4) is 18.0 Å². The molecule has 5 aliphatic carbocycles. The van der Waals surface area contributed by atoms with Crippen LogP contribution in [0.1, 0.15) is 191 Å². The van der Waals surface area contributed by atoms with Gasteiger partial charge >= 0.3 is 0 Å². The zero-order chi connectivity index (χ0) is 58.1. The number of fused-ring (bicyclic) bond motifs is 10. The van der Waals surface area contributed by atoms with Crippen LogP contribution in [0.4, 0.5) is 0 Å². The molecule has 81 heavy (non-hydrogen) atoms. The fourth-order valence-corrected chi connectivity index (χ4v) is 19.6. The van der Waals surface area contributed by atoms with Gasteiger partial charge in [-0.3, -0.25) is 0 Å². The molecule has 7 aliphatic rings. The van der Waals surface area contributed by atoms with Crippen LogP contribution in [0.15, 0.2) is 94.8 Å². The minimum atomic E-state index is -0.283. The lowest BCUT2D eigenvalue weighted by molar-refractivity contribution is 0.136. The van der Waals surface area contributed by atoms with E-state index in [-0.39, 0.29) is 51.3 Å². The van der Waals surface area contributed by atoms with Gasteiger partial charge in [0, 0.05) is 49.2 Å². The lowest BCUT2D eigenvalue weighted by Crippen LogP contribution is -2.72. The van der Waals surface area contributed by atoms with Crippen LogP contribution in [0, 0.1) is 23.7 Å². The third-order valence-electron chi connectivity index (χ3n) is 23.6. The van der Waals surface area contributed by atoms with Crippen molar-refractivity contribution in [3.05, 3.63) is 150 Å². The van der Waals surface area contributed by atoms with Crippen molar-refractivity contribution in [3.63, 3.8) is 0 Å². The monoisotopic (exact) mass is 1050 g/mol. The summed E-state index contributed by atoms with van der Waals surface area (Å²) in [7, 11) is 17.0. The van der Waals surface area contributed by atoms with E-state index >= 15 is 0 Å². The van der Waals surface area contributed by atoms with Crippen molar-refractivity contribution >= 4 is 139 Å². The van der Waals surface area contributed by atoms with Crippen LogP contribution in [0.25, 0.3) is 27.5 Å². The Balaban J connectivity index is 1.30. The first-order chi connectivity index (χ1) is 37.8. The van der Waals surface area contributed by atoms with Crippen LogP contribution in [-0.2, 0) is 32.5 Å². The minimum Gasteiger partial charge on any atom is -0.311 e. The zero-order valence-corrected chi connectivity index (χ0v) is 53.6. The standard InChI is InChI=1S/C71H84B9N/c1-16-46(72)52(65(2,3)4)54(74)47(73)35-79-48-31-37(71-28-25-36(26-29-71)27-30-71)32-49-64(48)81-62-38(33-44-50(59(62)79)69(12,13)42-23-19-17-21-40(42)67(44,8)9)39-34-45-51(70(14,15)43-24-20-18-22-41(43)68(45,10)11)60(63(39)81)80(49)61-57(77)55(75)53(66(5,6)7)56(76)58(61)78/h1,17-24,31-34,36H,25-30,35,72-78H2,2-15H3/b52-46-,54-47-. The maximum atomic E-state index is 6.41. The highest BCUT2D eigenvalue weighted by atomic mass is 15.0. The Morgan fingerprint density at radius 2 is 1.04 bits per heavy atom. The van der Waals surface area contributed by atoms with Gasteiger partial charge in [0.15, 0.2) is 7.85 Å². The maximum absolute atomic E-state index is 6.41. The van der Waals surface area contributed by atoms with Crippen LogP contribution in [-0.4, -0.2) is 72.9 Å². The van der Waals surface area contributed by atoms with Crippen molar-refractivity contribution < 1.29 is 0 Å². The molecule has 0 spiro atoms. The summed E-state index contributed by atoms with van der Waals surface area (Å²) in [4.78, 5) is 0. The van der Waals surface area contributed by atoms with Gasteiger partial charge in [-0.2, -0.15) is 0 Å². The molecule has 0 N–H and O–H groups in total. The Morgan fingerprint density at radius 1 is 0.593 bits per heavy atom. The third-order valence-corrected chi connectivity index (χ3v) is 23.6. The summed E-state index contributed by atoms with van der Waals surface area (Å²) in [5, 5.41) is 2.85. The van der Waals surface area contributed by atoms with Crippen molar-refractivity contribution in [1.29, 1.82) is 0 Å². The highest BCUT2D eigenvalue weighted by molar-refractivity contribution is 7.03. The highest BCUT2D eigenvalue weighted by Crippen LogP contribution is 2.56. The molecule has 7 aromatic rings. The molecule has 3 fully saturated rings. The maximum Gasteiger partial charge on any atom is 0.245 e. The Labute approximate surface area is 495 Å². The summed E-state index contributed by atoms with van der Waals surface area (Å²) in [5.41, 5.74) is 37.2. The fraction of sp³-hybridized carbons (Fsp3) is 0.408. The molecule has 3 saturated carbocycles. The van der Waals surface area contributed by atoms with Gasteiger partial charge in [0.25, 0.3) is 0 Å². The molecule has 3 heterocycles. The van der Waals surface area contributed by atoms with Crippen LogP contribution in [0.5, 0.6) is 0 Å². The van der Waals surface area contributed by atoms with Crippen molar-refractivity contribution in [2.24, 2.45) is 11.3 Å². The lowest BCUT2D eigenvalue weighted by atomic mass is 9.27. The summed E-state index contributed by atoms with van der Waals surface area (Å²) in [6, 6.07) is 30.3. The number of aromatic nitrogens is 1. The Morgan fingerprint density at radius 3 is 1.49 bits per heavy atom. The van der Waals surface area contributed by atoms with Crippen molar-refractivity contribution in [1.82, 2.24) is 4.57 Å². The molecule has 2 bridgehead atoms. The molecule has 1 nitrogen and oxygen atoms in total. The second-order valence-electron chi connectivity index (χ2n) is 31.4. The van der Waals surface area contributed by atoms with Crippen molar-refractivity contribution in [2.75, 3.05) is 0 Å². The van der Waals surface area contributed by atoms with Gasteiger partial charge in [-0.05, 0) is 150 Å². The molecule has 14 rings (SSSR count). The van der Waals surface area contributed by atoms with Gasteiger partial charge in [-0.25, -0.2) is 0 Å². The Hall–Kier alpha value is -5.26. The van der Waals surface area contributed by atoms with Gasteiger partial charge in [0.2, 0.25) is 13.4 Å². The normalized spacial score (nSPS) is 21.7. The summed E-state index contributed by atoms with van der Waals surface area (Å²) in [5.74, 6) is 4.01. The van der Waals surface area contributed by atoms with Crippen LogP contribution in [0.2, 0.25) is 6.32 Å². The first-order valence-corrected chi connectivity index (χ1v) is 31.4. The second-order valence-corrected chi connectivity index (χ2v) is 31.4. The molecule has 0 unspecified atom stereocenters. The first-order valence-electron chi connectivity index (χ1n) is 31.4. The number of hydrogen-bond acceptors (Lipinski definition) is 0. The van der Waals surface area contributed by atoms with E-state index < -0.39 is 0 Å². The quantitative estimate of drug-likeness (QED) is 0.140. The van der Waals surface area contributed by atoms with Gasteiger partial charge in [0.05, 0.1) is 0 Å². The molecule has 0 atom stereocenters. The van der Waals surface area contributed by atoms with Gasteiger partial charge in [-0.1, -0.05) is 214 Å². The zero-order valence-electron chi connectivity index (χ0n) is 53.6. The fourth-order valence-electron chi connectivity index (χ4n) is 19.6. The predicted octanol–water partition coefficient (Wildman–Crippen LogP) is 4.06. The molecule has 10 heteroatoms. The van der Waals surface area contributed by atoms with Crippen LogP contribution < -0.4 is 49.2 Å². The number of nitrogens with zero attached hydrogens (tertiary/aromatic N) is 1. The molecule has 0 saturated heterocycles. The molecule has 1 aromatic heterocycles. The van der Waals surface area contributed by atoms with Crippen molar-refractivity contribution in [2.45, 2.75) is 174 Å². The molecule has 6 aromatic carbocycles. The molecular formula is C71H84B9N. The average molecular weight is 1050 g/mol. The smallest absolute Gasteiger partial charge is 0.245 e. The second kappa shape index (κ2) is 17.4. The number of allylic oxidation sites excluding steroid dienone is 4. The largest absolute Gasteiger partial charge is 0.311 e. The van der Waals surface area contributed by atoms with Gasteiger partial charge in [0.1, 0.15) is 47.1 Å². The van der Waals surface area contributed by atoms with Gasteiger partial charge in [-0.15, -0.1) is 11.9 Å². The van der Waals surface area contributed by atoms with Crippen LogP contribution in [0.3, 0.4) is 0 Å². The highest BCUT2D eigenvalue weighted by Gasteiger charge is 2.54. The molecule has 400 valence electrons. The summed E-state index contributed by atoms with van der Waals surface area (Å²) in [6.07, 6.45) is 15.2. The van der Waals surface area contributed by atoms with E-state index in [9.17, 15) is 0 Å². The predicted molar refractivity (Wildman–Crippen MR) is 375 cm³/mol. The molecule has 0 amide bonds. The van der Waals surface area contributed by atoms with E-state index in [0.29, 0.717) is 0 Å². The van der Waals surface area contributed by atoms with E-state index in [1.165, 1.54) is 149 Å². The van der Waals surface area contributed by atoms with Gasteiger partial charge < -0.3 is 4.57 Å². The van der Waals surface area contributed by atoms with E-state index in [1.807, 2.05) is 0 Å². The third kappa shape index (κ3) is 7.18. The number of hydrogen-bond donors (Lipinski definition) is 0. The number of benzene rings is 6. The van der Waals surface area contributed by atoms with E-state index in [0.717, 1.165) is 17.7 Å². The Bertz CT molecular complexity index is 4060. The Kier molecular flexibility index (Phi) is 11.8.